The Labute approximate surface area is 81.8 Å². The number of hydrogen-bond donors (Lipinski definition) is 2. The number of nitrogens with zero attached hydrogens (tertiary/aromatic N) is 1. The van der Waals surface area contributed by atoms with Gasteiger partial charge in [0.25, 0.3) is 0 Å². The molecule has 3 nitrogen and oxygen atoms in total. The van der Waals surface area contributed by atoms with Crippen molar-refractivity contribution in [2.75, 3.05) is 19.6 Å². The van der Waals surface area contributed by atoms with Gasteiger partial charge in [-0.05, 0) is 38.9 Å². The molecular weight excluding hydrogens is 162 g/mol. The van der Waals surface area contributed by atoms with E-state index in [2.05, 4.69) is 18.7 Å². The second-order valence-corrected chi connectivity index (χ2v) is 3.42. The molecular formula is C10H23N3. The normalized spacial score (nSPS) is 10.7. The fraction of sp³-hybridized carbons (Fsp3) is 0.900. The Morgan fingerprint density at radius 2 is 1.92 bits per heavy atom. The molecule has 0 aromatic carbocycles. The lowest BCUT2D eigenvalue weighted by Gasteiger charge is -2.18. The summed E-state index contributed by atoms with van der Waals surface area (Å²) in [6, 6.07) is 0. The largest absolute Gasteiger partial charge is 0.388 e. The maximum absolute atomic E-state index is 7.07. The first-order valence-electron chi connectivity index (χ1n) is 5.26. The Morgan fingerprint density at radius 3 is 2.38 bits per heavy atom. The Bertz CT molecular complexity index is 134. The van der Waals surface area contributed by atoms with E-state index in [1.807, 2.05) is 0 Å². The van der Waals surface area contributed by atoms with Gasteiger partial charge in [-0.2, -0.15) is 0 Å². The molecule has 0 saturated carbocycles. The van der Waals surface area contributed by atoms with Crippen molar-refractivity contribution in [1.29, 1.82) is 5.41 Å². The zero-order valence-corrected chi connectivity index (χ0v) is 8.97. The predicted molar refractivity (Wildman–Crippen MR) is 58.2 cm³/mol. The number of rotatable bonds is 8. The van der Waals surface area contributed by atoms with Gasteiger partial charge < -0.3 is 10.6 Å². The van der Waals surface area contributed by atoms with E-state index < -0.39 is 0 Å². The van der Waals surface area contributed by atoms with Crippen LogP contribution in [0.4, 0.5) is 0 Å². The standard InChI is InChI=1S/C10H23N3/c1-3-8-13(4-2)9-6-5-7-10(11)12/h3-9H2,1-2H3,(H3,11,12). The lowest BCUT2D eigenvalue weighted by Crippen LogP contribution is -2.25. The summed E-state index contributed by atoms with van der Waals surface area (Å²) in [4.78, 5) is 2.44. The highest BCUT2D eigenvalue weighted by Crippen LogP contribution is 1.99. The van der Waals surface area contributed by atoms with Crippen molar-refractivity contribution in [1.82, 2.24) is 4.90 Å². The van der Waals surface area contributed by atoms with Crippen LogP contribution in [0.25, 0.3) is 0 Å². The number of amidine groups is 1. The van der Waals surface area contributed by atoms with Gasteiger partial charge in [0, 0.05) is 6.42 Å². The minimum absolute atomic E-state index is 0.318. The quantitative estimate of drug-likeness (QED) is 0.344. The highest BCUT2D eigenvalue weighted by atomic mass is 15.1. The molecule has 78 valence electrons. The molecule has 3 heteroatoms. The van der Waals surface area contributed by atoms with Gasteiger partial charge in [-0.3, -0.25) is 5.41 Å². The van der Waals surface area contributed by atoms with Crippen LogP contribution >= 0.6 is 0 Å². The molecule has 3 N–H and O–H groups in total. The van der Waals surface area contributed by atoms with Gasteiger partial charge >= 0.3 is 0 Å². The summed E-state index contributed by atoms with van der Waals surface area (Å²) in [5.41, 5.74) is 5.27. The molecule has 0 fully saturated rings. The Hall–Kier alpha value is -0.570. The van der Waals surface area contributed by atoms with Crippen molar-refractivity contribution < 1.29 is 0 Å². The van der Waals surface area contributed by atoms with Crippen LogP contribution in [0, 0.1) is 5.41 Å². The average molecular weight is 185 g/mol. The average Bonchev–Trinajstić information content (AvgIpc) is 2.10. The van der Waals surface area contributed by atoms with Crippen LogP contribution in [0.2, 0.25) is 0 Å². The zero-order chi connectivity index (χ0) is 10.1. The molecule has 0 aromatic heterocycles. The Balaban J connectivity index is 3.32. The van der Waals surface area contributed by atoms with Gasteiger partial charge in [0.05, 0.1) is 5.84 Å². The molecule has 0 spiro atoms. The molecule has 0 aliphatic carbocycles. The van der Waals surface area contributed by atoms with E-state index in [1.54, 1.807) is 0 Å². The monoisotopic (exact) mass is 185 g/mol. The van der Waals surface area contributed by atoms with E-state index in [0.29, 0.717) is 5.84 Å². The molecule has 0 rings (SSSR count). The topological polar surface area (TPSA) is 53.1 Å². The third-order valence-corrected chi connectivity index (χ3v) is 2.16. The smallest absolute Gasteiger partial charge is 0.0905 e. The molecule has 0 saturated heterocycles. The summed E-state index contributed by atoms with van der Waals surface area (Å²) in [6.45, 7) is 7.88. The molecule has 0 aromatic rings. The highest BCUT2D eigenvalue weighted by Gasteiger charge is 1.99. The minimum Gasteiger partial charge on any atom is -0.388 e. The molecule has 0 amide bonds. The SMILES string of the molecule is CCCN(CC)CCCCC(=N)N. The fourth-order valence-corrected chi connectivity index (χ4v) is 1.40. The second kappa shape index (κ2) is 8.05. The molecule has 0 aliphatic rings. The van der Waals surface area contributed by atoms with Crippen LogP contribution < -0.4 is 5.73 Å². The van der Waals surface area contributed by atoms with Gasteiger partial charge in [-0.1, -0.05) is 13.8 Å². The van der Waals surface area contributed by atoms with Gasteiger partial charge in [0.15, 0.2) is 0 Å². The van der Waals surface area contributed by atoms with E-state index in [4.69, 9.17) is 11.1 Å². The van der Waals surface area contributed by atoms with E-state index in [0.717, 1.165) is 32.4 Å². The van der Waals surface area contributed by atoms with Crippen LogP contribution in [0.15, 0.2) is 0 Å². The van der Waals surface area contributed by atoms with E-state index >= 15 is 0 Å². The maximum Gasteiger partial charge on any atom is 0.0905 e. The van der Waals surface area contributed by atoms with Crippen molar-refractivity contribution in [2.45, 2.75) is 39.5 Å². The second-order valence-electron chi connectivity index (χ2n) is 3.42. The summed E-state index contributed by atoms with van der Waals surface area (Å²) in [7, 11) is 0. The van der Waals surface area contributed by atoms with Crippen molar-refractivity contribution >= 4 is 5.84 Å². The maximum atomic E-state index is 7.07. The van der Waals surface area contributed by atoms with Crippen molar-refractivity contribution in [3.05, 3.63) is 0 Å². The minimum atomic E-state index is 0.318. The molecule has 0 heterocycles. The van der Waals surface area contributed by atoms with E-state index in [-0.39, 0.29) is 0 Å². The summed E-state index contributed by atoms with van der Waals surface area (Å²) >= 11 is 0. The number of nitrogens with one attached hydrogen (secondary N) is 1. The summed E-state index contributed by atoms with van der Waals surface area (Å²) < 4.78 is 0. The summed E-state index contributed by atoms with van der Waals surface area (Å²) in [6.07, 6.45) is 4.19. The van der Waals surface area contributed by atoms with Crippen LogP contribution in [0.5, 0.6) is 0 Å². The van der Waals surface area contributed by atoms with Crippen LogP contribution in [-0.4, -0.2) is 30.4 Å². The van der Waals surface area contributed by atoms with Crippen LogP contribution in [-0.2, 0) is 0 Å². The molecule has 13 heavy (non-hydrogen) atoms. The summed E-state index contributed by atoms with van der Waals surface area (Å²) in [5.74, 6) is 0.318. The number of hydrogen-bond acceptors (Lipinski definition) is 2. The Kier molecular flexibility index (Phi) is 7.69. The van der Waals surface area contributed by atoms with Gasteiger partial charge in [0.1, 0.15) is 0 Å². The van der Waals surface area contributed by atoms with Crippen LogP contribution in [0.3, 0.4) is 0 Å². The molecule has 0 aliphatic heterocycles. The lowest BCUT2D eigenvalue weighted by molar-refractivity contribution is 0.283. The molecule has 0 atom stereocenters. The zero-order valence-electron chi connectivity index (χ0n) is 8.97. The third kappa shape index (κ3) is 7.78. The van der Waals surface area contributed by atoms with Crippen molar-refractivity contribution in [3.8, 4) is 0 Å². The molecule has 0 radical (unpaired) electrons. The highest BCUT2D eigenvalue weighted by molar-refractivity contribution is 5.76. The van der Waals surface area contributed by atoms with Crippen LogP contribution in [0.1, 0.15) is 39.5 Å². The fourth-order valence-electron chi connectivity index (χ4n) is 1.40. The van der Waals surface area contributed by atoms with Crippen molar-refractivity contribution in [2.24, 2.45) is 5.73 Å². The van der Waals surface area contributed by atoms with Gasteiger partial charge in [-0.25, -0.2) is 0 Å². The first-order chi connectivity index (χ1) is 6.20. The Morgan fingerprint density at radius 1 is 1.23 bits per heavy atom. The van der Waals surface area contributed by atoms with E-state index in [1.165, 1.54) is 13.0 Å². The van der Waals surface area contributed by atoms with Gasteiger partial charge in [0.2, 0.25) is 0 Å². The predicted octanol–water partition coefficient (Wildman–Crippen LogP) is 1.82. The number of unbranched alkanes of at least 4 members (excludes halogenated alkanes) is 1. The molecule has 0 unspecified atom stereocenters. The number of nitrogens with two attached hydrogens (primary N) is 1. The van der Waals surface area contributed by atoms with Gasteiger partial charge in [-0.15, -0.1) is 0 Å². The van der Waals surface area contributed by atoms with Crippen molar-refractivity contribution in [3.63, 3.8) is 0 Å². The van der Waals surface area contributed by atoms with E-state index in [9.17, 15) is 0 Å². The lowest BCUT2D eigenvalue weighted by atomic mass is 10.2. The summed E-state index contributed by atoms with van der Waals surface area (Å²) in [5, 5.41) is 7.07. The first-order valence-corrected chi connectivity index (χ1v) is 5.26. The first kappa shape index (κ1) is 12.4. The third-order valence-electron chi connectivity index (χ3n) is 2.16. The molecule has 0 bridgehead atoms.